The summed E-state index contributed by atoms with van der Waals surface area (Å²) in [5.41, 5.74) is 0.411. The van der Waals surface area contributed by atoms with Gasteiger partial charge in [-0.25, -0.2) is 14.8 Å². The molecule has 0 fully saturated rings. The zero-order valence-electron chi connectivity index (χ0n) is 11.7. The van der Waals surface area contributed by atoms with E-state index in [9.17, 15) is 4.79 Å². The van der Waals surface area contributed by atoms with Gasteiger partial charge in [-0.15, -0.1) is 0 Å². The van der Waals surface area contributed by atoms with Gasteiger partial charge in [0, 0.05) is 19.8 Å². The number of aromatic nitrogens is 2. The maximum absolute atomic E-state index is 11.7. The third-order valence-corrected chi connectivity index (χ3v) is 2.94. The summed E-state index contributed by atoms with van der Waals surface area (Å²) in [5.74, 6) is 1.42. The number of carbonyl (C=O) groups excluding carboxylic acids is 1. The predicted molar refractivity (Wildman–Crippen MR) is 70.8 cm³/mol. The molecule has 0 spiro atoms. The first-order chi connectivity index (χ1) is 8.49. The van der Waals surface area contributed by atoms with E-state index in [0.717, 1.165) is 13.0 Å². The van der Waals surface area contributed by atoms with E-state index >= 15 is 0 Å². The van der Waals surface area contributed by atoms with E-state index in [1.807, 2.05) is 18.9 Å². The molecule has 1 atom stereocenters. The van der Waals surface area contributed by atoms with Crippen molar-refractivity contribution >= 4 is 11.8 Å². The van der Waals surface area contributed by atoms with Gasteiger partial charge in [0.15, 0.2) is 0 Å². The highest BCUT2D eigenvalue weighted by atomic mass is 16.5. The zero-order valence-corrected chi connectivity index (χ0v) is 11.7. The molecule has 18 heavy (non-hydrogen) atoms. The van der Waals surface area contributed by atoms with Gasteiger partial charge < -0.3 is 9.64 Å². The van der Waals surface area contributed by atoms with Crippen LogP contribution in [0.2, 0.25) is 0 Å². The maximum atomic E-state index is 11.7. The molecule has 0 saturated carbocycles. The highest BCUT2D eigenvalue weighted by molar-refractivity contribution is 5.94. The van der Waals surface area contributed by atoms with Crippen molar-refractivity contribution in [3.05, 3.63) is 17.6 Å². The number of aryl methyl sites for hydroxylation is 1. The molecule has 1 heterocycles. The Balaban J connectivity index is 3.04. The van der Waals surface area contributed by atoms with Crippen molar-refractivity contribution in [1.82, 2.24) is 9.97 Å². The van der Waals surface area contributed by atoms with Crippen LogP contribution in [0.3, 0.4) is 0 Å². The molecule has 0 bridgehead atoms. The molecule has 1 aromatic rings. The van der Waals surface area contributed by atoms with Crippen molar-refractivity contribution in [2.75, 3.05) is 25.6 Å². The van der Waals surface area contributed by atoms with Crippen LogP contribution in [0.15, 0.2) is 6.20 Å². The number of anilines is 1. The van der Waals surface area contributed by atoms with Gasteiger partial charge in [-0.1, -0.05) is 20.3 Å². The van der Waals surface area contributed by atoms with Gasteiger partial charge in [-0.05, 0) is 12.8 Å². The van der Waals surface area contributed by atoms with E-state index in [4.69, 9.17) is 4.74 Å². The van der Waals surface area contributed by atoms with E-state index in [2.05, 4.69) is 23.8 Å². The summed E-state index contributed by atoms with van der Waals surface area (Å²) < 4.78 is 4.75. The van der Waals surface area contributed by atoms with Gasteiger partial charge in [0.2, 0.25) is 0 Å². The minimum atomic E-state index is -0.402. The average molecular weight is 251 g/mol. The first kappa shape index (κ1) is 14.4. The predicted octanol–water partition coefficient (Wildman–Crippen LogP) is 2.05. The summed E-state index contributed by atoms with van der Waals surface area (Å²) in [4.78, 5) is 22.1. The van der Waals surface area contributed by atoms with E-state index in [-0.39, 0.29) is 0 Å². The Morgan fingerprint density at radius 3 is 2.78 bits per heavy atom. The number of esters is 1. The minimum absolute atomic E-state index is 0.402. The van der Waals surface area contributed by atoms with Gasteiger partial charge in [-0.3, -0.25) is 0 Å². The molecule has 0 aromatic carbocycles. The smallest absolute Gasteiger partial charge is 0.343 e. The molecule has 5 nitrogen and oxygen atoms in total. The van der Waals surface area contributed by atoms with Crippen LogP contribution in [0.1, 0.15) is 36.5 Å². The van der Waals surface area contributed by atoms with Gasteiger partial charge >= 0.3 is 5.97 Å². The second-order valence-electron chi connectivity index (χ2n) is 4.54. The molecule has 0 aliphatic carbocycles. The first-order valence-electron chi connectivity index (χ1n) is 6.12. The third-order valence-electron chi connectivity index (χ3n) is 2.94. The summed E-state index contributed by atoms with van der Waals surface area (Å²) in [6, 6.07) is 0. The normalized spacial score (nSPS) is 12.1. The lowest BCUT2D eigenvalue weighted by molar-refractivity contribution is 0.0600. The molecule has 100 valence electrons. The highest BCUT2D eigenvalue weighted by Gasteiger charge is 2.18. The summed E-state index contributed by atoms with van der Waals surface area (Å²) in [7, 11) is 3.29. The molecule has 0 saturated heterocycles. The zero-order chi connectivity index (χ0) is 13.7. The Bertz CT molecular complexity index is 421. The number of hydrogen-bond acceptors (Lipinski definition) is 5. The van der Waals surface area contributed by atoms with Gasteiger partial charge in [0.1, 0.15) is 17.2 Å². The molecule has 1 unspecified atom stereocenters. The van der Waals surface area contributed by atoms with Crippen LogP contribution in [0.25, 0.3) is 0 Å². The molecular weight excluding hydrogens is 230 g/mol. The van der Waals surface area contributed by atoms with Gasteiger partial charge in [0.05, 0.1) is 7.11 Å². The van der Waals surface area contributed by atoms with E-state index in [1.54, 1.807) is 0 Å². The Labute approximate surface area is 108 Å². The Kier molecular flexibility index (Phi) is 5.07. The van der Waals surface area contributed by atoms with Crippen LogP contribution < -0.4 is 4.90 Å². The van der Waals surface area contributed by atoms with Crippen molar-refractivity contribution in [3.63, 3.8) is 0 Å². The van der Waals surface area contributed by atoms with Crippen molar-refractivity contribution in [2.24, 2.45) is 5.92 Å². The van der Waals surface area contributed by atoms with Crippen LogP contribution in [-0.4, -0.2) is 36.6 Å². The lowest BCUT2D eigenvalue weighted by Crippen LogP contribution is -2.27. The fraction of sp³-hybridized carbons (Fsp3) is 0.615. The molecule has 1 rings (SSSR count). The average Bonchev–Trinajstić information content (AvgIpc) is 2.37. The Hall–Kier alpha value is -1.65. The van der Waals surface area contributed by atoms with Crippen LogP contribution in [0.4, 0.5) is 5.82 Å². The minimum Gasteiger partial charge on any atom is -0.465 e. The first-order valence-corrected chi connectivity index (χ1v) is 6.12. The standard InChI is InChI=1S/C13H21N3O2/c1-6-9(2)8-16(4)12-11(13(17)18-5)7-14-10(3)15-12/h7,9H,6,8H2,1-5H3. The van der Waals surface area contributed by atoms with E-state index in [1.165, 1.54) is 13.3 Å². The second-order valence-corrected chi connectivity index (χ2v) is 4.54. The van der Waals surface area contributed by atoms with Crippen LogP contribution in [0, 0.1) is 12.8 Å². The molecule has 1 aromatic heterocycles. The lowest BCUT2D eigenvalue weighted by Gasteiger charge is -2.23. The lowest BCUT2D eigenvalue weighted by atomic mass is 10.1. The van der Waals surface area contributed by atoms with Crippen LogP contribution in [-0.2, 0) is 4.74 Å². The molecule has 0 amide bonds. The number of rotatable bonds is 5. The van der Waals surface area contributed by atoms with Crippen LogP contribution in [0.5, 0.6) is 0 Å². The summed E-state index contributed by atoms with van der Waals surface area (Å²) in [5, 5.41) is 0. The fourth-order valence-electron chi connectivity index (χ4n) is 1.69. The number of methoxy groups -OCH3 is 1. The molecule has 0 radical (unpaired) electrons. The van der Waals surface area contributed by atoms with Gasteiger partial charge in [-0.2, -0.15) is 0 Å². The highest BCUT2D eigenvalue weighted by Crippen LogP contribution is 2.18. The number of hydrogen-bond donors (Lipinski definition) is 0. The molecular formula is C13H21N3O2. The topological polar surface area (TPSA) is 55.3 Å². The van der Waals surface area contributed by atoms with E-state index in [0.29, 0.717) is 23.1 Å². The quantitative estimate of drug-likeness (QED) is 0.750. The van der Waals surface area contributed by atoms with Crippen molar-refractivity contribution in [3.8, 4) is 0 Å². The van der Waals surface area contributed by atoms with Crippen molar-refractivity contribution in [1.29, 1.82) is 0 Å². The SMILES string of the molecule is CCC(C)CN(C)c1nc(C)ncc1C(=O)OC. The van der Waals surface area contributed by atoms with Crippen molar-refractivity contribution < 1.29 is 9.53 Å². The Morgan fingerprint density at radius 2 is 2.22 bits per heavy atom. The third kappa shape index (κ3) is 3.42. The number of ether oxygens (including phenoxy) is 1. The summed E-state index contributed by atoms with van der Waals surface area (Å²) >= 11 is 0. The van der Waals surface area contributed by atoms with E-state index < -0.39 is 5.97 Å². The molecule has 0 N–H and O–H groups in total. The second kappa shape index (κ2) is 6.33. The number of nitrogens with zero attached hydrogens (tertiary/aromatic N) is 3. The fourth-order valence-corrected chi connectivity index (χ4v) is 1.69. The summed E-state index contributed by atoms with van der Waals surface area (Å²) in [6.07, 6.45) is 2.61. The van der Waals surface area contributed by atoms with Gasteiger partial charge in [0.25, 0.3) is 0 Å². The monoisotopic (exact) mass is 251 g/mol. The Morgan fingerprint density at radius 1 is 1.56 bits per heavy atom. The summed E-state index contributed by atoms with van der Waals surface area (Å²) in [6.45, 7) is 6.96. The molecule has 0 aliphatic rings. The van der Waals surface area contributed by atoms with Crippen molar-refractivity contribution in [2.45, 2.75) is 27.2 Å². The molecule has 5 heteroatoms. The molecule has 0 aliphatic heterocycles. The number of carbonyl (C=O) groups is 1. The maximum Gasteiger partial charge on any atom is 0.343 e. The largest absolute Gasteiger partial charge is 0.465 e. The van der Waals surface area contributed by atoms with Crippen LogP contribution >= 0.6 is 0 Å².